The molecule has 1 aliphatic heterocycles. The minimum atomic E-state index is -3.40. The molecule has 2 atom stereocenters. The van der Waals surface area contributed by atoms with Gasteiger partial charge in [-0.25, -0.2) is 13.4 Å². The van der Waals surface area contributed by atoms with E-state index in [1.54, 1.807) is 11.6 Å². The van der Waals surface area contributed by atoms with Crippen molar-refractivity contribution in [3.05, 3.63) is 76.7 Å². The highest BCUT2D eigenvalue weighted by Crippen LogP contribution is 2.40. The smallest absolute Gasteiger partial charge is 0.197 e. The van der Waals surface area contributed by atoms with Crippen molar-refractivity contribution in [1.82, 2.24) is 14.5 Å². The first kappa shape index (κ1) is 28.0. The lowest BCUT2D eigenvalue weighted by atomic mass is 9.75. The molecule has 2 heterocycles. The highest BCUT2D eigenvalue weighted by Gasteiger charge is 2.35. The van der Waals surface area contributed by atoms with E-state index < -0.39 is 9.84 Å². The van der Waals surface area contributed by atoms with Gasteiger partial charge < -0.3 is 9.30 Å². The largest absolute Gasteiger partial charge is 0.494 e. The van der Waals surface area contributed by atoms with Crippen molar-refractivity contribution >= 4 is 33.8 Å². The third-order valence-electron chi connectivity index (χ3n) is 7.52. The summed E-state index contributed by atoms with van der Waals surface area (Å²) < 4.78 is 32.7. The molecular weight excluding hydrogens is 529 g/mol. The molecule has 2 aromatic carbocycles. The molecule has 2 aliphatic rings. The molecular formula is C28H35Cl2N3O3S. The second-order valence-corrected chi connectivity index (χ2v) is 12.5. The first-order valence-electron chi connectivity index (χ1n) is 12.8. The van der Waals surface area contributed by atoms with Gasteiger partial charge in [0.15, 0.2) is 14.9 Å². The van der Waals surface area contributed by atoms with E-state index in [0.717, 1.165) is 30.0 Å². The lowest BCUT2D eigenvalue weighted by Gasteiger charge is -2.40. The standard InChI is InChI=1S/C28H34ClN3O3S.ClH/c1-31-19-28(30-20-31)36(33,34)16-6-15-35-23-11-9-21-10-12-27(32-13-4-5-14-32)25(24(21)18-23)17-22-7-2-3-8-26(22)29;/h2-3,7-9,11,18-20,25,27H,4-6,10,12-17H2,1H3;1H. The van der Waals surface area contributed by atoms with Gasteiger partial charge in [0.25, 0.3) is 0 Å². The molecule has 0 saturated carbocycles. The Labute approximate surface area is 231 Å². The van der Waals surface area contributed by atoms with E-state index in [9.17, 15) is 8.42 Å². The van der Waals surface area contributed by atoms with E-state index in [0.29, 0.717) is 25.0 Å². The van der Waals surface area contributed by atoms with Gasteiger partial charge in [-0.3, -0.25) is 4.90 Å². The van der Waals surface area contributed by atoms with E-state index in [-0.39, 0.29) is 23.2 Å². The van der Waals surface area contributed by atoms with Crippen molar-refractivity contribution in [3.8, 4) is 5.75 Å². The summed E-state index contributed by atoms with van der Waals surface area (Å²) in [5, 5.41) is 0.945. The van der Waals surface area contributed by atoms with Gasteiger partial charge in [0.2, 0.25) is 0 Å². The first-order valence-corrected chi connectivity index (χ1v) is 14.9. The van der Waals surface area contributed by atoms with Crippen molar-refractivity contribution < 1.29 is 13.2 Å². The van der Waals surface area contributed by atoms with E-state index in [2.05, 4.69) is 34.1 Å². The quantitative estimate of drug-likeness (QED) is 0.323. The Morgan fingerprint density at radius 3 is 2.65 bits per heavy atom. The van der Waals surface area contributed by atoms with Crippen molar-refractivity contribution in [2.75, 3.05) is 25.4 Å². The van der Waals surface area contributed by atoms with E-state index in [4.69, 9.17) is 16.3 Å². The number of ether oxygens (including phenoxy) is 1. The average molecular weight is 565 g/mol. The van der Waals surface area contributed by atoms with E-state index in [1.165, 1.54) is 55.1 Å². The average Bonchev–Trinajstić information content (AvgIpc) is 3.56. The Morgan fingerprint density at radius 1 is 1.14 bits per heavy atom. The number of aromatic nitrogens is 2. The summed E-state index contributed by atoms with van der Waals surface area (Å²) in [5.41, 5.74) is 3.91. The Balaban J connectivity index is 0.00000320. The van der Waals surface area contributed by atoms with E-state index in [1.807, 2.05) is 18.2 Å². The van der Waals surface area contributed by atoms with Crippen LogP contribution in [-0.4, -0.2) is 54.4 Å². The number of aryl methyl sites for hydroxylation is 2. The molecule has 1 aromatic heterocycles. The SMILES string of the molecule is Cl.Cn1cnc(S(=O)(=O)CCCOc2ccc3c(c2)C(Cc2ccccc2Cl)C(N2CCCC2)CC3)c1. The number of benzene rings is 2. The van der Waals surface area contributed by atoms with Gasteiger partial charge in [0.05, 0.1) is 18.7 Å². The highest BCUT2D eigenvalue weighted by molar-refractivity contribution is 7.91. The number of rotatable bonds is 9. The first-order chi connectivity index (χ1) is 17.4. The third kappa shape index (κ3) is 6.51. The van der Waals surface area contributed by atoms with Crippen LogP contribution in [0.15, 0.2) is 60.0 Å². The van der Waals surface area contributed by atoms with Crippen LogP contribution in [-0.2, 0) is 29.7 Å². The summed E-state index contributed by atoms with van der Waals surface area (Å²) in [4.78, 5) is 6.65. The number of hydrogen-bond donors (Lipinski definition) is 0. The number of nitrogens with zero attached hydrogens (tertiary/aromatic N) is 3. The summed E-state index contributed by atoms with van der Waals surface area (Å²) >= 11 is 6.58. The van der Waals surface area contributed by atoms with Gasteiger partial charge in [-0.1, -0.05) is 35.9 Å². The highest BCUT2D eigenvalue weighted by atomic mass is 35.5. The molecule has 1 saturated heterocycles. The minimum Gasteiger partial charge on any atom is -0.494 e. The molecule has 37 heavy (non-hydrogen) atoms. The number of halogens is 2. The topological polar surface area (TPSA) is 64.4 Å². The molecule has 1 aliphatic carbocycles. The Kier molecular flexibility index (Phi) is 9.22. The van der Waals surface area contributed by atoms with Crippen LogP contribution in [0.4, 0.5) is 0 Å². The van der Waals surface area contributed by atoms with Gasteiger partial charge in [0.1, 0.15) is 5.75 Å². The van der Waals surface area contributed by atoms with Gasteiger partial charge >= 0.3 is 0 Å². The predicted molar refractivity (Wildman–Crippen MR) is 150 cm³/mol. The van der Waals surface area contributed by atoms with Gasteiger partial charge in [0, 0.05) is 30.2 Å². The van der Waals surface area contributed by atoms with Crippen LogP contribution >= 0.6 is 24.0 Å². The van der Waals surface area contributed by atoms with Crippen molar-refractivity contribution in [1.29, 1.82) is 0 Å². The van der Waals surface area contributed by atoms with Crippen molar-refractivity contribution in [2.45, 2.75) is 55.5 Å². The Bertz CT molecular complexity index is 1310. The summed E-state index contributed by atoms with van der Waals surface area (Å²) in [6, 6.07) is 15.1. The number of imidazole rings is 1. The fourth-order valence-electron chi connectivity index (χ4n) is 5.70. The number of hydrogen-bond acceptors (Lipinski definition) is 5. The molecule has 5 rings (SSSR count). The molecule has 9 heteroatoms. The minimum absolute atomic E-state index is 0. The zero-order chi connectivity index (χ0) is 25.1. The molecule has 2 unspecified atom stereocenters. The number of sulfone groups is 1. The molecule has 1 fully saturated rings. The van der Waals surface area contributed by atoms with Gasteiger partial charge in [-0.05, 0) is 86.5 Å². The van der Waals surface area contributed by atoms with Crippen molar-refractivity contribution in [3.63, 3.8) is 0 Å². The molecule has 0 spiro atoms. The lowest BCUT2D eigenvalue weighted by Crippen LogP contribution is -2.41. The molecule has 0 bridgehead atoms. The van der Waals surface area contributed by atoms with Crippen LogP contribution < -0.4 is 4.74 Å². The lowest BCUT2D eigenvalue weighted by molar-refractivity contribution is 0.188. The number of fused-ring (bicyclic) bond motifs is 1. The van der Waals surface area contributed by atoms with Crippen LogP contribution in [0.5, 0.6) is 5.75 Å². The fourth-order valence-corrected chi connectivity index (χ4v) is 7.15. The fraction of sp³-hybridized carbons (Fsp3) is 0.464. The molecule has 0 N–H and O–H groups in total. The summed E-state index contributed by atoms with van der Waals surface area (Å²) in [6.07, 6.45) is 9.13. The molecule has 0 radical (unpaired) electrons. The zero-order valence-corrected chi connectivity index (χ0v) is 23.6. The van der Waals surface area contributed by atoms with Gasteiger partial charge in [-0.15, -0.1) is 12.4 Å². The predicted octanol–water partition coefficient (Wildman–Crippen LogP) is 5.48. The summed E-state index contributed by atoms with van der Waals surface area (Å²) in [5.74, 6) is 1.16. The molecule has 200 valence electrons. The maximum atomic E-state index is 12.5. The maximum absolute atomic E-state index is 12.5. The second-order valence-electron chi connectivity index (χ2n) is 10.0. The third-order valence-corrected chi connectivity index (χ3v) is 9.57. The maximum Gasteiger partial charge on any atom is 0.197 e. The van der Waals surface area contributed by atoms with Crippen LogP contribution in [0.3, 0.4) is 0 Å². The molecule has 0 amide bonds. The summed E-state index contributed by atoms with van der Waals surface area (Å²) in [7, 11) is -1.64. The second kappa shape index (κ2) is 12.2. The van der Waals surface area contributed by atoms with Crippen molar-refractivity contribution in [2.24, 2.45) is 7.05 Å². The normalized spacial score (nSPS) is 19.8. The Hall–Kier alpha value is -2.06. The van der Waals surface area contributed by atoms with Crippen LogP contribution in [0, 0.1) is 0 Å². The molecule has 3 aromatic rings. The number of likely N-dealkylation sites (tertiary alicyclic amines) is 1. The van der Waals surface area contributed by atoms with Crippen LogP contribution in [0.25, 0.3) is 0 Å². The van der Waals surface area contributed by atoms with E-state index >= 15 is 0 Å². The Morgan fingerprint density at radius 2 is 1.92 bits per heavy atom. The van der Waals surface area contributed by atoms with Crippen LogP contribution in [0.2, 0.25) is 5.02 Å². The summed E-state index contributed by atoms with van der Waals surface area (Å²) in [6.45, 7) is 2.68. The van der Waals surface area contributed by atoms with Gasteiger partial charge in [-0.2, -0.15) is 0 Å². The zero-order valence-electron chi connectivity index (χ0n) is 21.2. The molecule has 6 nitrogen and oxygen atoms in total. The monoisotopic (exact) mass is 563 g/mol. The van der Waals surface area contributed by atoms with Crippen LogP contribution in [0.1, 0.15) is 48.3 Å².